The highest BCUT2D eigenvalue weighted by molar-refractivity contribution is 9.10. The van der Waals surface area contributed by atoms with Gasteiger partial charge >= 0.3 is 0 Å². The Morgan fingerprint density at radius 1 is 1.19 bits per heavy atom. The van der Waals surface area contributed by atoms with Crippen molar-refractivity contribution in [2.45, 2.75) is 13.0 Å². The Hall–Kier alpha value is -3.01. The molecule has 1 aliphatic rings. The van der Waals surface area contributed by atoms with Crippen LogP contribution in [0.4, 0.5) is 23.1 Å². The summed E-state index contributed by atoms with van der Waals surface area (Å²) in [5.41, 5.74) is 10.5. The summed E-state index contributed by atoms with van der Waals surface area (Å²) in [6, 6.07) is 13.6. The van der Waals surface area contributed by atoms with Crippen LogP contribution in [0.2, 0.25) is 0 Å². The third-order valence-electron chi connectivity index (χ3n) is 5.39. The van der Waals surface area contributed by atoms with Gasteiger partial charge < -0.3 is 21.7 Å². The molecule has 0 fully saturated rings. The van der Waals surface area contributed by atoms with Gasteiger partial charge in [-0.3, -0.25) is 9.69 Å². The van der Waals surface area contributed by atoms with E-state index in [-0.39, 0.29) is 5.91 Å². The Kier molecular flexibility index (Phi) is 6.99. The van der Waals surface area contributed by atoms with Gasteiger partial charge in [-0.25, -0.2) is 4.98 Å². The number of halogens is 1. The fourth-order valence-electron chi connectivity index (χ4n) is 3.76. The molecule has 0 spiro atoms. The van der Waals surface area contributed by atoms with Crippen LogP contribution in [0, 0.1) is 0 Å². The van der Waals surface area contributed by atoms with Gasteiger partial charge in [-0.2, -0.15) is 4.98 Å². The molecule has 0 unspecified atom stereocenters. The van der Waals surface area contributed by atoms with Crippen molar-refractivity contribution in [1.29, 1.82) is 0 Å². The quantitative estimate of drug-likeness (QED) is 0.397. The molecule has 1 amide bonds. The Morgan fingerprint density at radius 3 is 2.84 bits per heavy atom. The molecule has 1 aromatic heterocycles. The minimum absolute atomic E-state index is 0.172. The van der Waals surface area contributed by atoms with Crippen LogP contribution in [0.15, 0.2) is 53.1 Å². The van der Waals surface area contributed by atoms with Crippen LogP contribution < -0.4 is 21.7 Å². The lowest BCUT2D eigenvalue weighted by molar-refractivity contribution is 0.0964. The summed E-state index contributed by atoms with van der Waals surface area (Å²) in [6.45, 7) is 3.50. The Labute approximate surface area is 195 Å². The molecular weight excluding hydrogens is 470 g/mol. The van der Waals surface area contributed by atoms with Crippen molar-refractivity contribution in [2.75, 3.05) is 37.3 Å². The van der Waals surface area contributed by atoms with Crippen LogP contribution in [0.25, 0.3) is 0 Å². The minimum atomic E-state index is -0.172. The number of hydrogen-bond donors (Lipinski definition) is 4. The Bertz CT molecular complexity index is 1120. The second-order valence-electron chi connectivity index (χ2n) is 7.56. The number of anilines is 4. The largest absolute Gasteiger partial charge is 0.355 e. The summed E-state index contributed by atoms with van der Waals surface area (Å²) in [6.07, 6.45) is 2.71. The first kappa shape index (κ1) is 22.2. The number of fused-ring (bicyclic) bond motifs is 1. The predicted molar refractivity (Wildman–Crippen MR) is 131 cm³/mol. The van der Waals surface area contributed by atoms with Crippen LogP contribution in [0.1, 0.15) is 21.5 Å². The summed E-state index contributed by atoms with van der Waals surface area (Å²) in [5.74, 6) is 0.850. The average Bonchev–Trinajstić information content (AvgIpc) is 2.81. The van der Waals surface area contributed by atoms with Crippen LogP contribution >= 0.6 is 15.9 Å². The fraction of sp³-hybridized carbons (Fsp3) is 0.261. The smallest absolute Gasteiger partial charge is 0.253 e. The van der Waals surface area contributed by atoms with Gasteiger partial charge in [-0.15, -0.1) is 0 Å². The van der Waals surface area contributed by atoms with E-state index in [0.717, 1.165) is 31.7 Å². The van der Waals surface area contributed by atoms with E-state index in [2.05, 4.69) is 64.9 Å². The first-order valence-corrected chi connectivity index (χ1v) is 11.3. The summed E-state index contributed by atoms with van der Waals surface area (Å²) >= 11 is 3.49. The van der Waals surface area contributed by atoms with Crippen molar-refractivity contribution in [3.8, 4) is 0 Å². The lowest BCUT2D eigenvalue weighted by Gasteiger charge is -2.28. The number of para-hydroxylation sites is 1. The molecule has 0 aliphatic carbocycles. The third kappa shape index (κ3) is 5.07. The minimum Gasteiger partial charge on any atom is -0.355 e. The van der Waals surface area contributed by atoms with Crippen LogP contribution in [0.3, 0.4) is 0 Å². The number of aromatic nitrogens is 2. The number of carbonyl (C=O) groups excluding carboxylic acids is 1. The maximum Gasteiger partial charge on any atom is 0.253 e. The fourth-order valence-corrected chi connectivity index (χ4v) is 4.05. The van der Waals surface area contributed by atoms with Gasteiger partial charge in [0.15, 0.2) is 0 Å². The molecule has 166 valence electrons. The summed E-state index contributed by atoms with van der Waals surface area (Å²) in [5, 5.41) is 9.19. The van der Waals surface area contributed by atoms with Gasteiger partial charge in [0.05, 0.1) is 15.7 Å². The van der Waals surface area contributed by atoms with E-state index in [1.807, 2.05) is 18.2 Å². The lowest BCUT2D eigenvalue weighted by atomic mass is 9.99. The van der Waals surface area contributed by atoms with E-state index in [4.69, 9.17) is 5.73 Å². The summed E-state index contributed by atoms with van der Waals surface area (Å²) in [4.78, 5) is 23.5. The molecule has 32 heavy (non-hydrogen) atoms. The average molecular weight is 496 g/mol. The molecule has 0 saturated heterocycles. The Balaban J connectivity index is 1.54. The first-order valence-electron chi connectivity index (χ1n) is 10.5. The lowest BCUT2D eigenvalue weighted by Crippen LogP contribution is -2.34. The molecule has 5 N–H and O–H groups in total. The topological polar surface area (TPSA) is 108 Å². The van der Waals surface area contributed by atoms with E-state index in [9.17, 15) is 4.79 Å². The van der Waals surface area contributed by atoms with Crippen molar-refractivity contribution in [3.63, 3.8) is 0 Å². The maximum atomic E-state index is 12.2. The number of benzene rings is 2. The zero-order valence-electron chi connectivity index (χ0n) is 17.9. The van der Waals surface area contributed by atoms with Crippen LogP contribution in [0.5, 0.6) is 0 Å². The molecule has 2 heterocycles. The number of rotatable bonds is 7. The van der Waals surface area contributed by atoms with Gasteiger partial charge in [-0.05, 0) is 57.7 Å². The zero-order chi connectivity index (χ0) is 22.5. The molecule has 0 radical (unpaired) electrons. The van der Waals surface area contributed by atoms with Crippen LogP contribution in [-0.4, -0.2) is 47.5 Å². The molecule has 0 saturated carbocycles. The van der Waals surface area contributed by atoms with Crippen molar-refractivity contribution in [2.24, 2.45) is 5.73 Å². The van der Waals surface area contributed by atoms with E-state index in [1.165, 1.54) is 11.1 Å². The normalized spacial score (nSPS) is 13.3. The molecular formula is C23H26BrN7O. The van der Waals surface area contributed by atoms with Gasteiger partial charge in [-0.1, -0.05) is 18.2 Å². The van der Waals surface area contributed by atoms with Gasteiger partial charge in [0.1, 0.15) is 5.82 Å². The standard InChI is InChI=1S/C23H26BrN7O/c1-26-22(32)18-4-2-3-5-20(18)29-21-19(24)13-27-23(30-21)28-17-7-6-15-8-10-31(11-9-25)14-16(15)12-17/h2-7,12-13H,8-11,14,25H2,1H3,(H,26,32)(H2,27,28,29,30). The van der Waals surface area contributed by atoms with E-state index in [0.29, 0.717) is 34.0 Å². The van der Waals surface area contributed by atoms with Crippen LogP contribution in [-0.2, 0) is 13.0 Å². The van der Waals surface area contributed by atoms with E-state index in [1.54, 1.807) is 19.3 Å². The van der Waals surface area contributed by atoms with E-state index >= 15 is 0 Å². The second kappa shape index (κ2) is 10.1. The highest BCUT2D eigenvalue weighted by atomic mass is 79.9. The molecule has 2 aromatic carbocycles. The third-order valence-corrected chi connectivity index (χ3v) is 5.98. The number of hydrogen-bond acceptors (Lipinski definition) is 7. The second-order valence-corrected chi connectivity index (χ2v) is 8.42. The highest BCUT2D eigenvalue weighted by Gasteiger charge is 2.16. The Morgan fingerprint density at radius 2 is 2.03 bits per heavy atom. The first-order chi connectivity index (χ1) is 15.6. The monoisotopic (exact) mass is 495 g/mol. The molecule has 0 bridgehead atoms. The molecule has 8 nitrogen and oxygen atoms in total. The van der Waals surface area contributed by atoms with Crippen molar-refractivity contribution < 1.29 is 4.79 Å². The molecule has 1 aliphatic heterocycles. The number of nitrogens with zero attached hydrogens (tertiary/aromatic N) is 3. The number of nitrogens with one attached hydrogen (secondary N) is 3. The molecule has 4 rings (SSSR count). The van der Waals surface area contributed by atoms with Crippen molar-refractivity contribution >= 4 is 45.0 Å². The van der Waals surface area contributed by atoms with Crippen molar-refractivity contribution in [3.05, 3.63) is 69.8 Å². The number of nitrogens with two attached hydrogens (primary N) is 1. The highest BCUT2D eigenvalue weighted by Crippen LogP contribution is 2.28. The number of carbonyl (C=O) groups is 1. The maximum absolute atomic E-state index is 12.2. The molecule has 0 atom stereocenters. The predicted octanol–water partition coefficient (Wildman–Crippen LogP) is 3.40. The van der Waals surface area contributed by atoms with Crippen molar-refractivity contribution in [1.82, 2.24) is 20.2 Å². The SMILES string of the molecule is CNC(=O)c1ccccc1Nc1nc(Nc2ccc3c(c2)CN(CCN)CC3)ncc1Br. The molecule has 3 aromatic rings. The summed E-state index contributed by atoms with van der Waals surface area (Å²) in [7, 11) is 1.61. The summed E-state index contributed by atoms with van der Waals surface area (Å²) < 4.78 is 0.692. The van der Waals surface area contributed by atoms with Gasteiger partial charge in [0.2, 0.25) is 5.95 Å². The van der Waals surface area contributed by atoms with Gasteiger partial charge in [0.25, 0.3) is 5.91 Å². The van der Waals surface area contributed by atoms with Gasteiger partial charge in [0, 0.05) is 45.1 Å². The number of amides is 1. The molecule has 9 heteroatoms. The van der Waals surface area contributed by atoms with E-state index < -0.39 is 0 Å². The zero-order valence-corrected chi connectivity index (χ0v) is 19.4.